The van der Waals surface area contributed by atoms with Gasteiger partial charge >= 0.3 is 5.97 Å². The van der Waals surface area contributed by atoms with Crippen LogP contribution in [0.4, 0.5) is 5.69 Å². The van der Waals surface area contributed by atoms with Gasteiger partial charge in [-0.2, -0.15) is 0 Å². The number of sulfonamides is 1. The number of non-ortho nitro benzene ring substituents is 1. The number of hydrogen-bond acceptors (Lipinski definition) is 7. The number of carboxylic acid groups (broad SMARTS) is 1. The van der Waals surface area contributed by atoms with Gasteiger partial charge < -0.3 is 15.3 Å². The van der Waals surface area contributed by atoms with Crippen LogP contribution in [0, 0.1) is 10.1 Å². The summed E-state index contributed by atoms with van der Waals surface area (Å²) < 4.78 is 27.4. The van der Waals surface area contributed by atoms with E-state index < -0.39 is 39.7 Å². The summed E-state index contributed by atoms with van der Waals surface area (Å²) in [6.45, 7) is -0.778. The van der Waals surface area contributed by atoms with Crippen LogP contribution in [0.1, 0.15) is 22.0 Å². The van der Waals surface area contributed by atoms with Crippen LogP contribution in [0.2, 0.25) is 0 Å². The van der Waals surface area contributed by atoms with E-state index in [-0.39, 0.29) is 26.2 Å². The number of carbonyl (C=O) groups is 1. The van der Waals surface area contributed by atoms with Gasteiger partial charge in [-0.15, -0.1) is 0 Å². The molecular formula is C16H15BrN2O8S. The highest BCUT2D eigenvalue weighted by Crippen LogP contribution is 2.24. The number of nitrogens with one attached hydrogen (secondary N) is 1. The van der Waals surface area contributed by atoms with E-state index in [1.165, 1.54) is 18.2 Å². The predicted octanol–water partition coefficient (Wildman–Crippen LogP) is 1.43. The highest BCUT2D eigenvalue weighted by molar-refractivity contribution is 9.10. The summed E-state index contributed by atoms with van der Waals surface area (Å²) in [5.41, 5.74) is -0.345. The van der Waals surface area contributed by atoms with Crippen molar-refractivity contribution in [2.75, 3.05) is 6.61 Å². The fourth-order valence-electron chi connectivity index (χ4n) is 2.33. The molecule has 0 spiro atoms. The van der Waals surface area contributed by atoms with Crippen LogP contribution in [0.3, 0.4) is 0 Å². The Morgan fingerprint density at radius 1 is 1.21 bits per heavy atom. The van der Waals surface area contributed by atoms with Crippen LogP contribution in [-0.2, 0) is 10.0 Å². The van der Waals surface area contributed by atoms with Crippen molar-refractivity contribution in [3.63, 3.8) is 0 Å². The summed E-state index contributed by atoms with van der Waals surface area (Å²) in [7, 11) is -4.28. The first kappa shape index (κ1) is 21.9. The van der Waals surface area contributed by atoms with Crippen molar-refractivity contribution < 1.29 is 33.5 Å². The van der Waals surface area contributed by atoms with Gasteiger partial charge in [0.2, 0.25) is 10.0 Å². The van der Waals surface area contributed by atoms with E-state index in [9.17, 15) is 33.5 Å². The van der Waals surface area contributed by atoms with E-state index in [1.807, 2.05) is 0 Å². The Morgan fingerprint density at radius 2 is 1.82 bits per heavy atom. The van der Waals surface area contributed by atoms with Crippen molar-refractivity contribution in [2.24, 2.45) is 0 Å². The monoisotopic (exact) mass is 474 g/mol. The van der Waals surface area contributed by atoms with Gasteiger partial charge in [-0.25, -0.2) is 17.9 Å². The number of aliphatic hydroxyl groups is 2. The number of nitro benzene ring substituents is 1. The van der Waals surface area contributed by atoms with E-state index in [2.05, 4.69) is 20.7 Å². The van der Waals surface area contributed by atoms with Crippen molar-refractivity contribution in [3.8, 4) is 0 Å². The molecule has 0 radical (unpaired) electrons. The Labute approximate surface area is 167 Å². The molecule has 0 aliphatic carbocycles. The number of hydrogen-bond donors (Lipinski definition) is 4. The van der Waals surface area contributed by atoms with Crippen LogP contribution < -0.4 is 4.72 Å². The summed E-state index contributed by atoms with van der Waals surface area (Å²) in [6, 6.07) is 6.71. The molecule has 0 fully saturated rings. The molecule has 2 atom stereocenters. The van der Waals surface area contributed by atoms with E-state index >= 15 is 0 Å². The van der Waals surface area contributed by atoms with Crippen LogP contribution in [0.5, 0.6) is 0 Å². The fraction of sp³-hybridized carbons (Fsp3) is 0.188. The molecule has 2 rings (SSSR count). The molecular weight excluding hydrogens is 460 g/mol. The van der Waals surface area contributed by atoms with Crippen molar-refractivity contribution in [2.45, 2.75) is 17.0 Å². The van der Waals surface area contributed by atoms with Gasteiger partial charge in [-0.05, 0) is 51.8 Å². The highest BCUT2D eigenvalue weighted by atomic mass is 79.9. The van der Waals surface area contributed by atoms with Gasteiger partial charge in [-0.1, -0.05) is 0 Å². The quantitative estimate of drug-likeness (QED) is 0.329. The predicted molar refractivity (Wildman–Crippen MR) is 100 cm³/mol. The third kappa shape index (κ3) is 4.91. The number of aliphatic hydroxyl groups excluding tert-OH is 2. The molecule has 0 aromatic heterocycles. The second kappa shape index (κ2) is 8.75. The van der Waals surface area contributed by atoms with Gasteiger partial charge in [0, 0.05) is 16.6 Å². The minimum Gasteiger partial charge on any atom is -0.478 e. The van der Waals surface area contributed by atoms with Gasteiger partial charge in [0.15, 0.2) is 0 Å². The molecule has 150 valence electrons. The largest absolute Gasteiger partial charge is 0.478 e. The van der Waals surface area contributed by atoms with Gasteiger partial charge in [0.05, 0.1) is 34.1 Å². The molecule has 0 aliphatic heterocycles. The second-order valence-corrected chi connectivity index (χ2v) is 8.22. The number of carboxylic acids is 1. The van der Waals surface area contributed by atoms with Crippen molar-refractivity contribution in [1.29, 1.82) is 0 Å². The average molecular weight is 475 g/mol. The molecule has 12 heteroatoms. The first-order chi connectivity index (χ1) is 13.1. The van der Waals surface area contributed by atoms with E-state index in [0.717, 1.165) is 24.3 Å². The highest BCUT2D eigenvalue weighted by Gasteiger charge is 2.27. The summed E-state index contributed by atoms with van der Waals surface area (Å²) in [5, 5.41) is 39.6. The minimum absolute atomic E-state index is 0.148. The molecule has 0 aliphatic rings. The SMILES string of the molecule is O=C(O)c1cc(S(=O)(=O)N[C@H](CO)[C@H](O)c2ccc([N+](=O)[O-])cc2)ccc1Br. The number of aromatic carboxylic acids is 1. The van der Waals surface area contributed by atoms with Gasteiger partial charge in [0.1, 0.15) is 0 Å². The molecule has 0 saturated heterocycles. The van der Waals surface area contributed by atoms with E-state index in [0.29, 0.717) is 0 Å². The Hall–Kier alpha value is -2.38. The first-order valence-electron chi connectivity index (χ1n) is 7.65. The number of benzene rings is 2. The molecule has 2 aromatic rings. The summed E-state index contributed by atoms with van der Waals surface area (Å²) >= 11 is 3.01. The maximum Gasteiger partial charge on any atom is 0.336 e. The lowest BCUT2D eigenvalue weighted by molar-refractivity contribution is -0.384. The van der Waals surface area contributed by atoms with Crippen molar-refractivity contribution in [1.82, 2.24) is 4.72 Å². The number of nitrogens with zero attached hydrogens (tertiary/aromatic N) is 1. The standard InChI is InChI=1S/C16H15BrN2O8S/c17-13-6-5-11(7-12(13)16(22)23)28(26,27)18-14(8-20)15(21)9-1-3-10(4-2-9)19(24)25/h1-7,14-15,18,20-21H,8H2,(H,22,23)/t14-,15-/m1/s1. The molecule has 0 heterocycles. The summed E-state index contributed by atoms with van der Waals surface area (Å²) in [5.74, 6) is -1.34. The molecule has 28 heavy (non-hydrogen) atoms. The second-order valence-electron chi connectivity index (χ2n) is 5.65. The third-order valence-electron chi connectivity index (χ3n) is 3.81. The molecule has 0 unspecified atom stereocenters. The Kier molecular flexibility index (Phi) is 6.85. The zero-order valence-electron chi connectivity index (χ0n) is 14.0. The zero-order valence-corrected chi connectivity index (χ0v) is 16.4. The van der Waals surface area contributed by atoms with Crippen LogP contribution >= 0.6 is 15.9 Å². The minimum atomic E-state index is -4.28. The lowest BCUT2D eigenvalue weighted by Gasteiger charge is -2.22. The zero-order chi connectivity index (χ0) is 21.1. The van der Waals surface area contributed by atoms with Crippen molar-refractivity contribution >= 4 is 37.6 Å². The molecule has 0 saturated carbocycles. The first-order valence-corrected chi connectivity index (χ1v) is 9.93. The van der Waals surface area contributed by atoms with Crippen LogP contribution in [0.15, 0.2) is 51.8 Å². The summed E-state index contributed by atoms with van der Waals surface area (Å²) in [4.78, 5) is 20.9. The maximum absolute atomic E-state index is 12.5. The molecule has 0 amide bonds. The summed E-state index contributed by atoms with van der Waals surface area (Å²) in [6.07, 6.45) is -1.50. The smallest absolute Gasteiger partial charge is 0.336 e. The molecule has 2 aromatic carbocycles. The average Bonchev–Trinajstić information content (AvgIpc) is 2.65. The third-order valence-corrected chi connectivity index (χ3v) is 5.99. The van der Waals surface area contributed by atoms with Crippen LogP contribution in [-0.4, -0.2) is 47.3 Å². The normalized spacial score (nSPS) is 13.7. The van der Waals surface area contributed by atoms with Gasteiger partial charge in [-0.3, -0.25) is 10.1 Å². The lowest BCUT2D eigenvalue weighted by Crippen LogP contribution is -2.41. The van der Waals surface area contributed by atoms with E-state index in [1.54, 1.807) is 0 Å². The Balaban J connectivity index is 2.28. The molecule has 4 N–H and O–H groups in total. The molecule has 0 bridgehead atoms. The fourth-order valence-corrected chi connectivity index (χ4v) is 4.00. The number of nitro groups is 1. The Bertz CT molecular complexity index is 994. The topological polar surface area (TPSA) is 167 Å². The molecule has 10 nitrogen and oxygen atoms in total. The lowest BCUT2D eigenvalue weighted by atomic mass is 10.0. The number of halogens is 1. The van der Waals surface area contributed by atoms with Gasteiger partial charge in [0.25, 0.3) is 5.69 Å². The maximum atomic E-state index is 12.5. The Morgan fingerprint density at radius 3 is 2.32 bits per heavy atom. The van der Waals surface area contributed by atoms with Crippen molar-refractivity contribution in [3.05, 3.63) is 68.2 Å². The van der Waals surface area contributed by atoms with Crippen LogP contribution in [0.25, 0.3) is 0 Å². The van der Waals surface area contributed by atoms with E-state index in [4.69, 9.17) is 5.11 Å². The number of rotatable bonds is 8.